The standard InChI is InChI=1S/C11H16N2O3S/c1-8(14)6-12-10(15)7-13(2)11(16)9-4-3-5-17-9/h3-5,8,14H,6-7H2,1-2H3,(H,12,15)/t8-/m1/s1. The van der Waals surface area contributed by atoms with E-state index < -0.39 is 6.10 Å². The number of nitrogens with one attached hydrogen (secondary N) is 1. The van der Waals surface area contributed by atoms with E-state index in [0.717, 1.165) is 0 Å². The Morgan fingerprint density at radius 1 is 1.59 bits per heavy atom. The first kappa shape index (κ1) is 13.7. The number of aliphatic hydroxyl groups is 1. The minimum atomic E-state index is -0.586. The fourth-order valence-electron chi connectivity index (χ4n) is 1.19. The van der Waals surface area contributed by atoms with E-state index in [-0.39, 0.29) is 24.9 Å². The topological polar surface area (TPSA) is 69.6 Å². The molecule has 0 unspecified atom stereocenters. The van der Waals surface area contributed by atoms with Gasteiger partial charge in [-0.2, -0.15) is 0 Å². The summed E-state index contributed by atoms with van der Waals surface area (Å²) < 4.78 is 0. The van der Waals surface area contributed by atoms with Crippen molar-refractivity contribution in [3.63, 3.8) is 0 Å². The molecule has 6 heteroatoms. The molecule has 0 saturated carbocycles. The van der Waals surface area contributed by atoms with Crippen LogP contribution in [0.2, 0.25) is 0 Å². The van der Waals surface area contributed by atoms with Crippen molar-refractivity contribution < 1.29 is 14.7 Å². The smallest absolute Gasteiger partial charge is 0.264 e. The molecule has 1 aromatic rings. The molecule has 2 amide bonds. The normalized spacial score (nSPS) is 11.9. The van der Waals surface area contributed by atoms with Crippen molar-refractivity contribution in [1.82, 2.24) is 10.2 Å². The second-order valence-corrected chi connectivity index (χ2v) is 4.74. The maximum absolute atomic E-state index is 11.8. The minimum absolute atomic E-state index is 0.0105. The third-order valence-electron chi connectivity index (χ3n) is 2.05. The van der Waals surface area contributed by atoms with Crippen LogP contribution in [-0.4, -0.2) is 48.1 Å². The molecule has 5 nitrogen and oxygen atoms in total. The lowest BCUT2D eigenvalue weighted by Crippen LogP contribution is -2.40. The average molecular weight is 256 g/mol. The molecular formula is C11H16N2O3S. The van der Waals surface area contributed by atoms with E-state index >= 15 is 0 Å². The van der Waals surface area contributed by atoms with Gasteiger partial charge in [0.15, 0.2) is 0 Å². The Morgan fingerprint density at radius 3 is 2.82 bits per heavy atom. The summed E-state index contributed by atoms with van der Waals surface area (Å²) in [6, 6.07) is 3.51. The van der Waals surface area contributed by atoms with Gasteiger partial charge in [0.1, 0.15) is 0 Å². The molecular weight excluding hydrogens is 240 g/mol. The van der Waals surface area contributed by atoms with E-state index in [2.05, 4.69) is 5.32 Å². The molecule has 0 aliphatic rings. The Hall–Kier alpha value is -1.40. The molecule has 1 aromatic heterocycles. The summed E-state index contributed by atoms with van der Waals surface area (Å²) in [5.41, 5.74) is 0. The summed E-state index contributed by atoms with van der Waals surface area (Å²) in [4.78, 5) is 25.2. The van der Waals surface area contributed by atoms with Gasteiger partial charge in [0, 0.05) is 13.6 Å². The summed E-state index contributed by atoms with van der Waals surface area (Å²) >= 11 is 1.34. The monoisotopic (exact) mass is 256 g/mol. The van der Waals surface area contributed by atoms with Crippen LogP contribution in [0, 0.1) is 0 Å². The fourth-order valence-corrected chi connectivity index (χ4v) is 1.91. The van der Waals surface area contributed by atoms with Crippen LogP contribution >= 0.6 is 11.3 Å². The van der Waals surface area contributed by atoms with Gasteiger partial charge in [0.25, 0.3) is 5.91 Å². The Kier molecular flexibility index (Phi) is 5.11. The van der Waals surface area contributed by atoms with E-state index in [1.807, 2.05) is 5.38 Å². The number of amides is 2. The second kappa shape index (κ2) is 6.36. The van der Waals surface area contributed by atoms with Gasteiger partial charge in [-0.05, 0) is 18.4 Å². The Labute approximate surface area is 104 Å². The van der Waals surface area contributed by atoms with Gasteiger partial charge in [0.05, 0.1) is 17.5 Å². The molecule has 94 valence electrons. The number of hydrogen-bond donors (Lipinski definition) is 2. The van der Waals surface area contributed by atoms with Crippen LogP contribution in [0.15, 0.2) is 17.5 Å². The van der Waals surface area contributed by atoms with Crippen molar-refractivity contribution in [2.45, 2.75) is 13.0 Å². The van der Waals surface area contributed by atoms with Gasteiger partial charge in [0.2, 0.25) is 5.91 Å². The highest BCUT2D eigenvalue weighted by molar-refractivity contribution is 7.12. The number of thiophene rings is 1. The SMILES string of the molecule is C[C@@H](O)CNC(=O)CN(C)C(=O)c1cccs1. The number of likely N-dealkylation sites (N-methyl/N-ethyl adjacent to an activating group) is 1. The predicted octanol–water partition coefficient (Wildman–Crippen LogP) is 0.317. The quantitative estimate of drug-likeness (QED) is 0.797. The van der Waals surface area contributed by atoms with E-state index in [1.54, 1.807) is 26.1 Å². The highest BCUT2D eigenvalue weighted by atomic mass is 32.1. The molecule has 0 bridgehead atoms. The summed E-state index contributed by atoms with van der Waals surface area (Å²) in [7, 11) is 1.57. The molecule has 17 heavy (non-hydrogen) atoms. The number of nitrogens with zero attached hydrogens (tertiary/aromatic N) is 1. The van der Waals surface area contributed by atoms with Crippen molar-refractivity contribution in [2.24, 2.45) is 0 Å². The van der Waals surface area contributed by atoms with Crippen LogP contribution in [0.3, 0.4) is 0 Å². The molecule has 0 saturated heterocycles. The highest BCUT2D eigenvalue weighted by Gasteiger charge is 2.15. The number of aliphatic hydroxyl groups excluding tert-OH is 1. The van der Waals surface area contributed by atoms with E-state index in [1.165, 1.54) is 16.2 Å². The van der Waals surface area contributed by atoms with E-state index in [9.17, 15) is 9.59 Å². The fraction of sp³-hybridized carbons (Fsp3) is 0.455. The van der Waals surface area contributed by atoms with E-state index in [4.69, 9.17) is 5.11 Å². The van der Waals surface area contributed by atoms with Crippen molar-refractivity contribution in [2.75, 3.05) is 20.1 Å². The van der Waals surface area contributed by atoms with Crippen LogP contribution in [0.4, 0.5) is 0 Å². The van der Waals surface area contributed by atoms with Crippen molar-refractivity contribution in [3.8, 4) is 0 Å². The van der Waals surface area contributed by atoms with Crippen molar-refractivity contribution in [3.05, 3.63) is 22.4 Å². The van der Waals surface area contributed by atoms with Crippen LogP contribution < -0.4 is 5.32 Å². The third kappa shape index (κ3) is 4.54. The van der Waals surface area contributed by atoms with Gasteiger partial charge >= 0.3 is 0 Å². The second-order valence-electron chi connectivity index (χ2n) is 3.79. The van der Waals surface area contributed by atoms with Gasteiger partial charge in [-0.1, -0.05) is 6.07 Å². The summed E-state index contributed by atoms with van der Waals surface area (Å²) in [6.45, 7) is 1.77. The zero-order chi connectivity index (χ0) is 12.8. The van der Waals surface area contributed by atoms with Gasteiger partial charge in [-0.15, -0.1) is 11.3 Å². The summed E-state index contributed by atoms with van der Waals surface area (Å²) in [6.07, 6.45) is -0.586. The largest absolute Gasteiger partial charge is 0.392 e. The number of carbonyl (C=O) groups is 2. The zero-order valence-corrected chi connectivity index (χ0v) is 10.7. The van der Waals surface area contributed by atoms with Gasteiger partial charge in [-0.3, -0.25) is 9.59 Å². The Bertz CT molecular complexity index is 376. The van der Waals surface area contributed by atoms with Crippen LogP contribution in [-0.2, 0) is 4.79 Å². The Balaban J connectivity index is 2.41. The summed E-state index contributed by atoms with van der Waals surface area (Å²) in [5, 5.41) is 13.3. The van der Waals surface area contributed by atoms with Crippen LogP contribution in [0.1, 0.15) is 16.6 Å². The molecule has 0 aromatic carbocycles. The first-order chi connectivity index (χ1) is 8.00. The number of hydrogen-bond acceptors (Lipinski definition) is 4. The summed E-state index contributed by atoms with van der Waals surface area (Å²) in [5.74, 6) is -0.453. The zero-order valence-electron chi connectivity index (χ0n) is 9.84. The number of carbonyl (C=O) groups excluding carboxylic acids is 2. The molecule has 1 heterocycles. The lowest BCUT2D eigenvalue weighted by molar-refractivity contribution is -0.122. The number of rotatable bonds is 5. The first-order valence-corrected chi connectivity index (χ1v) is 6.12. The van der Waals surface area contributed by atoms with Crippen LogP contribution in [0.25, 0.3) is 0 Å². The molecule has 0 fully saturated rings. The van der Waals surface area contributed by atoms with E-state index in [0.29, 0.717) is 4.88 Å². The molecule has 1 atom stereocenters. The molecule has 0 aliphatic carbocycles. The van der Waals surface area contributed by atoms with Crippen molar-refractivity contribution >= 4 is 23.2 Å². The average Bonchev–Trinajstić information content (AvgIpc) is 2.78. The first-order valence-electron chi connectivity index (χ1n) is 5.24. The maximum atomic E-state index is 11.8. The molecule has 0 radical (unpaired) electrons. The molecule has 2 N–H and O–H groups in total. The molecule has 1 rings (SSSR count). The predicted molar refractivity (Wildman–Crippen MR) is 66.0 cm³/mol. The van der Waals surface area contributed by atoms with Gasteiger partial charge < -0.3 is 15.3 Å². The molecule has 0 spiro atoms. The van der Waals surface area contributed by atoms with Gasteiger partial charge in [-0.25, -0.2) is 0 Å². The van der Waals surface area contributed by atoms with Crippen LogP contribution in [0.5, 0.6) is 0 Å². The highest BCUT2D eigenvalue weighted by Crippen LogP contribution is 2.10. The Morgan fingerprint density at radius 2 is 2.29 bits per heavy atom. The third-order valence-corrected chi connectivity index (χ3v) is 2.91. The lowest BCUT2D eigenvalue weighted by Gasteiger charge is -2.16. The maximum Gasteiger partial charge on any atom is 0.264 e. The minimum Gasteiger partial charge on any atom is -0.392 e. The lowest BCUT2D eigenvalue weighted by atomic mass is 10.3. The molecule has 0 aliphatic heterocycles. The van der Waals surface area contributed by atoms with Crippen molar-refractivity contribution in [1.29, 1.82) is 0 Å².